The molecule has 32 heavy (non-hydrogen) atoms. The van der Waals surface area contributed by atoms with E-state index >= 15 is 0 Å². The minimum atomic E-state index is -1.52. The number of nitrogens with one attached hydrogen (secondary N) is 1. The number of carbonyl (C=O) groups is 4. The zero-order valence-corrected chi connectivity index (χ0v) is 18.3. The number of hydrogen-bond donors (Lipinski definition) is 1. The van der Waals surface area contributed by atoms with Crippen molar-refractivity contribution in [1.82, 2.24) is 19.5 Å². The number of carbonyl (C=O) groups excluding carboxylic acids is 4. The van der Waals surface area contributed by atoms with Gasteiger partial charge in [0.15, 0.2) is 35.3 Å². The number of methoxy groups -OCH3 is 1. The Morgan fingerprint density at radius 3 is 2.19 bits per heavy atom. The first-order valence-electron chi connectivity index (χ1n) is 9.29. The maximum absolute atomic E-state index is 12.5. The van der Waals surface area contributed by atoms with Crippen LogP contribution in [0.15, 0.2) is 12.7 Å². The first-order chi connectivity index (χ1) is 15.1. The van der Waals surface area contributed by atoms with Gasteiger partial charge in [-0.2, -0.15) is 0 Å². The molecular weight excluding hydrogens is 448 g/mol. The zero-order chi connectivity index (χ0) is 23.6. The first kappa shape index (κ1) is 23.3. The van der Waals surface area contributed by atoms with Crippen LogP contribution in [0, 0.1) is 4.64 Å². The summed E-state index contributed by atoms with van der Waals surface area (Å²) in [5, 5.41) is 0. The van der Waals surface area contributed by atoms with Gasteiger partial charge in [0.05, 0.1) is 19.8 Å². The van der Waals surface area contributed by atoms with Crippen molar-refractivity contribution in [1.29, 1.82) is 0 Å². The van der Waals surface area contributed by atoms with E-state index in [-0.39, 0.29) is 4.64 Å². The van der Waals surface area contributed by atoms with Crippen molar-refractivity contribution < 1.29 is 42.9 Å². The fraction of sp³-hybridized carbons (Fsp3) is 0.500. The fourth-order valence-corrected chi connectivity index (χ4v) is 3.59. The number of esters is 4. The SMILES string of the molecule is COC(=O)[C@@H]1O[C@H](n2cnc3c(=S)nc[nH]c32)[C@H](OC(C)=O)[C@@H](OC(C)=O)[C@@H]1OC(C)=O. The summed E-state index contributed by atoms with van der Waals surface area (Å²) in [4.78, 5) is 59.0. The van der Waals surface area contributed by atoms with E-state index in [0.29, 0.717) is 11.2 Å². The molecule has 3 heterocycles. The lowest BCUT2D eigenvalue weighted by molar-refractivity contribution is -0.262. The lowest BCUT2D eigenvalue weighted by atomic mass is 9.96. The third kappa shape index (κ3) is 4.60. The second-order valence-electron chi connectivity index (χ2n) is 6.75. The number of aromatic nitrogens is 4. The fourth-order valence-electron chi connectivity index (χ4n) is 3.39. The van der Waals surface area contributed by atoms with E-state index in [1.54, 1.807) is 0 Å². The molecule has 2 aromatic rings. The smallest absolute Gasteiger partial charge is 0.339 e. The maximum atomic E-state index is 12.5. The molecule has 1 N–H and O–H groups in total. The van der Waals surface area contributed by atoms with Crippen LogP contribution in [0.2, 0.25) is 0 Å². The topological polar surface area (TPSA) is 161 Å². The second-order valence-corrected chi connectivity index (χ2v) is 7.14. The van der Waals surface area contributed by atoms with E-state index in [9.17, 15) is 19.2 Å². The number of rotatable bonds is 5. The van der Waals surface area contributed by atoms with E-state index in [4.69, 9.17) is 35.9 Å². The van der Waals surface area contributed by atoms with Gasteiger partial charge < -0.3 is 28.7 Å². The molecular formula is C18H20N4O9S. The van der Waals surface area contributed by atoms with Crippen LogP contribution >= 0.6 is 12.2 Å². The van der Waals surface area contributed by atoms with Gasteiger partial charge in [-0.15, -0.1) is 0 Å². The van der Waals surface area contributed by atoms with Gasteiger partial charge in [0, 0.05) is 20.8 Å². The third-order valence-corrected chi connectivity index (χ3v) is 4.81. The van der Waals surface area contributed by atoms with Crippen molar-refractivity contribution in [3.05, 3.63) is 17.3 Å². The molecule has 1 aliphatic rings. The average molecular weight is 468 g/mol. The molecule has 14 heteroatoms. The molecule has 3 rings (SSSR count). The maximum Gasteiger partial charge on any atom is 0.339 e. The van der Waals surface area contributed by atoms with Crippen molar-refractivity contribution in [3.63, 3.8) is 0 Å². The van der Waals surface area contributed by atoms with Crippen molar-refractivity contribution >= 4 is 47.3 Å². The number of aromatic amines is 1. The highest BCUT2D eigenvalue weighted by Gasteiger charge is 2.55. The minimum Gasteiger partial charge on any atom is -0.467 e. The number of imidazole rings is 1. The Kier molecular flexibility index (Phi) is 6.84. The molecule has 0 radical (unpaired) electrons. The average Bonchev–Trinajstić information content (AvgIpc) is 3.14. The van der Waals surface area contributed by atoms with E-state index < -0.39 is 54.5 Å². The Labute approximate surface area is 186 Å². The zero-order valence-electron chi connectivity index (χ0n) is 17.5. The molecule has 0 saturated carbocycles. The summed E-state index contributed by atoms with van der Waals surface area (Å²) in [7, 11) is 1.11. The van der Waals surface area contributed by atoms with E-state index in [0.717, 1.165) is 27.9 Å². The lowest BCUT2D eigenvalue weighted by Crippen LogP contribution is -2.61. The minimum absolute atomic E-state index is 0.191. The van der Waals surface area contributed by atoms with Crippen LogP contribution in [0.5, 0.6) is 0 Å². The predicted molar refractivity (Wildman–Crippen MR) is 105 cm³/mol. The van der Waals surface area contributed by atoms with Gasteiger partial charge in [-0.25, -0.2) is 14.8 Å². The van der Waals surface area contributed by atoms with Crippen molar-refractivity contribution in [2.24, 2.45) is 0 Å². The molecule has 0 bridgehead atoms. The van der Waals surface area contributed by atoms with Crippen LogP contribution in [0.25, 0.3) is 11.2 Å². The normalized spacial score (nSPS) is 25.1. The second kappa shape index (κ2) is 9.40. The summed E-state index contributed by atoms with van der Waals surface area (Å²) in [6, 6.07) is 0. The van der Waals surface area contributed by atoms with Gasteiger partial charge in [0.25, 0.3) is 0 Å². The molecule has 13 nitrogen and oxygen atoms in total. The van der Waals surface area contributed by atoms with Crippen LogP contribution in [0.1, 0.15) is 27.0 Å². The summed E-state index contributed by atoms with van der Waals surface area (Å²) in [5.74, 6) is -3.20. The van der Waals surface area contributed by atoms with Crippen LogP contribution in [0.3, 0.4) is 0 Å². The quantitative estimate of drug-likeness (QED) is 0.365. The largest absolute Gasteiger partial charge is 0.467 e. The Hall–Kier alpha value is -3.39. The summed E-state index contributed by atoms with van der Waals surface area (Å²) in [6.45, 7) is 3.35. The van der Waals surface area contributed by atoms with Gasteiger partial charge >= 0.3 is 23.9 Å². The molecule has 0 aliphatic carbocycles. The number of nitrogens with zero attached hydrogens (tertiary/aromatic N) is 3. The first-order valence-corrected chi connectivity index (χ1v) is 9.70. The van der Waals surface area contributed by atoms with Crippen molar-refractivity contribution in [2.45, 2.75) is 51.4 Å². The van der Waals surface area contributed by atoms with Crippen LogP contribution in [-0.4, -0.2) is 74.9 Å². The van der Waals surface area contributed by atoms with E-state index in [2.05, 4.69) is 15.0 Å². The summed E-state index contributed by atoms with van der Waals surface area (Å²) >= 11 is 5.16. The van der Waals surface area contributed by atoms with E-state index in [1.165, 1.54) is 17.2 Å². The molecule has 0 spiro atoms. The number of ether oxygens (including phenoxy) is 5. The van der Waals surface area contributed by atoms with Gasteiger partial charge in [0.1, 0.15) is 11.2 Å². The standard InChI is InChI=1S/C18H20N4O9S/c1-7(23)28-11-12(29-8(2)24)14(18(26)27-4)31-17(13(11)30-9(3)25)22-6-21-10-15(22)19-5-20-16(10)32/h5-6,11-14,17H,1-4H3,(H,19,20,32)/t11-,12-,13+,14+,17-/m0/s1. The van der Waals surface area contributed by atoms with Crippen LogP contribution in [-0.2, 0) is 42.9 Å². The summed E-state index contributed by atoms with van der Waals surface area (Å²) in [5.41, 5.74) is 0.650. The highest BCUT2D eigenvalue weighted by Crippen LogP contribution is 2.36. The number of hydrogen-bond acceptors (Lipinski definition) is 12. The molecule has 5 atom stereocenters. The van der Waals surface area contributed by atoms with E-state index in [1.807, 2.05) is 0 Å². The lowest BCUT2D eigenvalue weighted by Gasteiger charge is -2.43. The van der Waals surface area contributed by atoms with Crippen molar-refractivity contribution in [2.75, 3.05) is 7.11 Å². The highest BCUT2D eigenvalue weighted by molar-refractivity contribution is 7.71. The summed E-state index contributed by atoms with van der Waals surface area (Å²) in [6.07, 6.45) is -4.33. The Bertz CT molecular complexity index is 1110. The van der Waals surface area contributed by atoms with Gasteiger partial charge in [-0.3, -0.25) is 19.0 Å². The molecule has 1 aliphatic heterocycles. The summed E-state index contributed by atoms with van der Waals surface area (Å²) < 4.78 is 28.3. The van der Waals surface area contributed by atoms with Crippen LogP contribution in [0.4, 0.5) is 0 Å². The molecule has 2 aromatic heterocycles. The molecule has 172 valence electrons. The van der Waals surface area contributed by atoms with Gasteiger partial charge in [-0.05, 0) is 0 Å². The molecule has 1 saturated heterocycles. The Morgan fingerprint density at radius 1 is 1.00 bits per heavy atom. The highest BCUT2D eigenvalue weighted by atomic mass is 32.1. The molecule has 0 amide bonds. The molecule has 0 unspecified atom stereocenters. The van der Waals surface area contributed by atoms with Crippen LogP contribution < -0.4 is 0 Å². The molecule has 1 fully saturated rings. The number of H-pyrrole nitrogens is 1. The molecule has 0 aromatic carbocycles. The monoisotopic (exact) mass is 468 g/mol. The Balaban J connectivity index is 2.19. The Morgan fingerprint density at radius 2 is 1.59 bits per heavy atom. The number of fused-ring (bicyclic) bond motifs is 1. The third-order valence-electron chi connectivity index (χ3n) is 4.51. The predicted octanol–water partition coefficient (Wildman–Crippen LogP) is 0.354. The van der Waals surface area contributed by atoms with Gasteiger partial charge in [0.2, 0.25) is 0 Å². The van der Waals surface area contributed by atoms with Gasteiger partial charge in [-0.1, -0.05) is 12.2 Å². The van der Waals surface area contributed by atoms with Crippen molar-refractivity contribution in [3.8, 4) is 0 Å².